The van der Waals surface area contributed by atoms with Crippen LogP contribution in [0.5, 0.6) is 0 Å². The van der Waals surface area contributed by atoms with Crippen molar-refractivity contribution >= 4 is 28.2 Å². The van der Waals surface area contributed by atoms with Gasteiger partial charge in [-0.2, -0.15) is 5.10 Å². The van der Waals surface area contributed by atoms with E-state index in [1.54, 1.807) is 0 Å². The molecule has 0 bridgehead atoms. The first-order chi connectivity index (χ1) is 13.9. The molecule has 1 amide bonds. The van der Waals surface area contributed by atoms with E-state index in [1.807, 2.05) is 11.7 Å². The van der Waals surface area contributed by atoms with Crippen molar-refractivity contribution in [1.82, 2.24) is 9.78 Å². The van der Waals surface area contributed by atoms with E-state index in [0.717, 1.165) is 16.9 Å². The molecule has 3 aromatic rings. The van der Waals surface area contributed by atoms with Crippen LogP contribution in [0.15, 0.2) is 30.3 Å². The van der Waals surface area contributed by atoms with E-state index in [4.69, 9.17) is 5.10 Å². The summed E-state index contributed by atoms with van der Waals surface area (Å²) < 4.78 is 2.00. The number of carbonyl (C=O) groups excluding carboxylic acids is 1. The predicted octanol–water partition coefficient (Wildman–Crippen LogP) is 5.88. The van der Waals surface area contributed by atoms with Gasteiger partial charge in [-0.05, 0) is 61.1 Å². The highest BCUT2D eigenvalue weighted by atomic mass is 16.1. The Morgan fingerprint density at radius 3 is 2.72 bits per heavy atom. The molecule has 2 aromatic carbocycles. The number of anilines is 2. The van der Waals surface area contributed by atoms with Crippen LogP contribution in [0.25, 0.3) is 22.0 Å². The summed E-state index contributed by atoms with van der Waals surface area (Å²) in [6.45, 7) is 6.44. The number of nitrogens with one attached hydrogen (secondary N) is 2. The highest BCUT2D eigenvalue weighted by Gasteiger charge is 2.29. The van der Waals surface area contributed by atoms with Crippen LogP contribution in [0.1, 0.15) is 66.0 Å². The van der Waals surface area contributed by atoms with Crippen LogP contribution in [0.3, 0.4) is 0 Å². The number of benzene rings is 2. The van der Waals surface area contributed by atoms with Crippen molar-refractivity contribution in [1.29, 1.82) is 0 Å². The van der Waals surface area contributed by atoms with Crippen LogP contribution in [-0.2, 0) is 11.8 Å². The molecule has 1 atom stereocenters. The summed E-state index contributed by atoms with van der Waals surface area (Å²) in [5.41, 5.74) is 7.85. The lowest BCUT2D eigenvalue weighted by molar-refractivity contribution is -0.116. The number of rotatable bonds is 3. The Kier molecular flexibility index (Phi) is 4.16. The third kappa shape index (κ3) is 3.18. The minimum atomic E-state index is 0. The highest BCUT2D eigenvalue weighted by molar-refractivity contribution is 6.01. The summed E-state index contributed by atoms with van der Waals surface area (Å²) in [5, 5.41) is 12.8. The van der Waals surface area contributed by atoms with E-state index in [9.17, 15) is 4.79 Å². The maximum Gasteiger partial charge on any atom is 0.226 e. The van der Waals surface area contributed by atoms with E-state index in [2.05, 4.69) is 61.7 Å². The molecule has 5 nitrogen and oxygen atoms in total. The van der Waals surface area contributed by atoms with Crippen molar-refractivity contribution in [2.24, 2.45) is 7.05 Å². The standard InChI is InChI=1S/C24H28N4O.2H2/c1-13(2)17-11-18(24-20(12-17)26-22(29)9-14(3)25-24)16-7-8-21-19(10-16)23(15-5-6-15)27-28(21)4;;/h7-8,10-15,25H,5-6,9H2,1-4H3,(H,26,29);2*1H/t14-;;/m1../s1. The van der Waals surface area contributed by atoms with Crippen LogP contribution in [0.4, 0.5) is 11.4 Å². The molecule has 5 heteroatoms. The van der Waals surface area contributed by atoms with E-state index in [-0.39, 0.29) is 14.8 Å². The monoisotopic (exact) mass is 392 g/mol. The number of hydrogen-bond acceptors (Lipinski definition) is 3. The van der Waals surface area contributed by atoms with Crippen molar-refractivity contribution in [3.05, 3.63) is 41.6 Å². The summed E-state index contributed by atoms with van der Waals surface area (Å²) in [5.74, 6) is 1.04. The zero-order chi connectivity index (χ0) is 20.3. The Hall–Kier alpha value is -2.82. The molecule has 1 aliphatic heterocycles. The van der Waals surface area contributed by atoms with Gasteiger partial charge < -0.3 is 10.6 Å². The number of fused-ring (bicyclic) bond motifs is 2. The molecule has 0 unspecified atom stereocenters. The Morgan fingerprint density at radius 1 is 1.21 bits per heavy atom. The molecule has 1 aromatic heterocycles. The normalized spacial score (nSPS) is 19.1. The molecule has 0 spiro atoms. The van der Waals surface area contributed by atoms with Gasteiger partial charge in [0.2, 0.25) is 5.91 Å². The van der Waals surface area contributed by atoms with Crippen molar-refractivity contribution in [3.8, 4) is 11.1 Å². The maximum atomic E-state index is 12.3. The fraction of sp³-hybridized carbons (Fsp3) is 0.417. The molecule has 2 aliphatic rings. The summed E-state index contributed by atoms with van der Waals surface area (Å²) >= 11 is 0. The average Bonchev–Trinajstić information content (AvgIpc) is 3.47. The van der Waals surface area contributed by atoms with Gasteiger partial charge in [0.15, 0.2) is 0 Å². The lowest BCUT2D eigenvalue weighted by atomic mass is 9.93. The lowest BCUT2D eigenvalue weighted by Crippen LogP contribution is -2.19. The molecule has 0 radical (unpaired) electrons. The van der Waals surface area contributed by atoms with E-state index >= 15 is 0 Å². The topological polar surface area (TPSA) is 59.0 Å². The van der Waals surface area contributed by atoms with Gasteiger partial charge in [0, 0.05) is 39.2 Å². The van der Waals surface area contributed by atoms with Crippen LogP contribution in [0.2, 0.25) is 0 Å². The second-order valence-corrected chi connectivity index (χ2v) is 8.96. The summed E-state index contributed by atoms with van der Waals surface area (Å²) in [6, 6.07) is 11.1. The Labute approximate surface area is 174 Å². The fourth-order valence-corrected chi connectivity index (χ4v) is 4.37. The minimum Gasteiger partial charge on any atom is -0.380 e. The van der Waals surface area contributed by atoms with Crippen molar-refractivity contribution in [2.75, 3.05) is 10.6 Å². The molecule has 1 fully saturated rings. The zero-order valence-electron chi connectivity index (χ0n) is 17.5. The van der Waals surface area contributed by atoms with Gasteiger partial charge in [0.1, 0.15) is 0 Å². The first kappa shape index (κ1) is 18.2. The first-order valence-corrected chi connectivity index (χ1v) is 10.6. The van der Waals surface area contributed by atoms with Crippen LogP contribution < -0.4 is 10.6 Å². The molecule has 5 rings (SSSR count). The maximum absolute atomic E-state index is 12.3. The number of amides is 1. The third-order valence-electron chi connectivity index (χ3n) is 6.14. The molecule has 29 heavy (non-hydrogen) atoms. The van der Waals surface area contributed by atoms with Gasteiger partial charge in [0.25, 0.3) is 0 Å². The predicted molar refractivity (Wildman–Crippen MR) is 123 cm³/mol. The smallest absolute Gasteiger partial charge is 0.226 e. The van der Waals surface area contributed by atoms with Crippen molar-refractivity contribution < 1.29 is 7.65 Å². The summed E-state index contributed by atoms with van der Waals surface area (Å²) in [6.07, 6.45) is 2.94. The van der Waals surface area contributed by atoms with E-state index < -0.39 is 0 Å². The molecular weight excluding hydrogens is 360 g/mol. The van der Waals surface area contributed by atoms with Gasteiger partial charge in [-0.25, -0.2) is 0 Å². The van der Waals surface area contributed by atoms with Gasteiger partial charge >= 0.3 is 0 Å². The minimum absolute atomic E-state index is 0. The highest BCUT2D eigenvalue weighted by Crippen LogP contribution is 2.44. The molecule has 2 heterocycles. The summed E-state index contributed by atoms with van der Waals surface area (Å²) in [4.78, 5) is 12.3. The number of nitrogens with zero attached hydrogens (tertiary/aromatic N) is 2. The number of hydrogen-bond donors (Lipinski definition) is 2. The lowest BCUT2D eigenvalue weighted by Gasteiger charge is -2.20. The first-order valence-electron chi connectivity index (χ1n) is 10.6. The van der Waals surface area contributed by atoms with E-state index in [0.29, 0.717) is 18.3 Å². The third-order valence-corrected chi connectivity index (χ3v) is 6.14. The molecule has 154 valence electrons. The second-order valence-electron chi connectivity index (χ2n) is 8.96. The Morgan fingerprint density at radius 2 is 2.00 bits per heavy atom. The largest absolute Gasteiger partial charge is 0.380 e. The van der Waals surface area contributed by atoms with E-state index in [1.165, 1.54) is 40.6 Å². The fourth-order valence-electron chi connectivity index (χ4n) is 4.37. The van der Waals surface area contributed by atoms with Gasteiger partial charge in [-0.3, -0.25) is 9.48 Å². The van der Waals surface area contributed by atoms with Crippen LogP contribution in [-0.4, -0.2) is 21.7 Å². The van der Waals surface area contributed by atoms with Crippen molar-refractivity contribution in [2.45, 2.75) is 57.9 Å². The van der Waals surface area contributed by atoms with Crippen LogP contribution in [0, 0.1) is 0 Å². The SMILES string of the molecule is CC(C)c1cc2c(c(-c3ccc4c(c3)c(C3CC3)nn4C)c1)N[C@H](C)CC(=O)N2.[HH].[HH]. The Balaban J connectivity index is 0.00000136. The molecule has 0 saturated heterocycles. The zero-order valence-corrected chi connectivity index (χ0v) is 17.5. The molecule has 2 N–H and O–H groups in total. The van der Waals surface area contributed by atoms with Crippen LogP contribution >= 0.6 is 0 Å². The number of aromatic nitrogens is 2. The van der Waals surface area contributed by atoms with Gasteiger partial charge in [-0.15, -0.1) is 0 Å². The molecular formula is C24H32N4O. The second kappa shape index (κ2) is 6.61. The summed E-state index contributed by atoms with van der Waals surface area (Å²) in [7, 11) is 2.03. The average molecular weight is 393 g/mol. The number of aryl methyl sites for hydroxylation is 1. The molecule has 1 aliphatic carbocycles. The van der Waals surface area contributed by atoms with Gasteiger partial charge in [-0.1, -0.05) is 19.9 Å². The van der Waals surface area contributed by atoms with Gasteiger partial charge in [0.05, 0.1) is 22.6 Å². The quantitative estimate of drug-likeness (QED) is 0.585. The van der Waals surface area contributed by atoms with Crippen molar-refractivity contribution in [3.63, 3.8) is 0 Å². The number of carbonyl (C=O) groups is 1. The Bertz CT molecular complexity index is 1130. The molecule has 1 saturated carbocycles.